The molecule has 24 heavy (non-hydrogen) atoms. The smallest absolute Gasteiger partial charge is 0.290 e. The number of anilines is 1. The van der Waals surface area contributed by atoms with Crippen LogP contribution in [0.1, 0.15) is 6.92 Å². The quantitative estimate of drug-likeness (QED) is 0.647. The SMILES string of the molecule is CC(=O)NNc1ccccc1.COc1cc2ccccc2[nH]c1=O. The summed E-state index contributed by atoms with van der Waals surface area (Å²) in [5, 5.41) is 0.971. The highest BCUT2D eigenvalue weighted by molar-refractivity contribution is 5.79. The molecule has 1 amide bonds. The Morgan fingerprint density at radius 1 is 1.04 bits per heavy atom. The van der Waals surface area contributed by atoms with Gasteiger partial charge in [0, 0.05) is 17.8 Å². The second kappa shape index (κ2) is 8.38. The number of hydrazine groups is 1. The van der Waals surface area contributed by atoms with Gasteiger partial charge in [0.15, 0.2) is 5.75 Å². The van der Waals surface area contributed by atoms with Crippen molar-refractivity contribution in [2.24, 2.45) is 0 Å². The molecule has 0 spiro atoms. The number of nitrogens with one attached hydrogen (secondary N) is 3. The zero-order valence-electron chi connectivity index (χ0n) is 13.5. The van der Waals surface area contributed by atoms with E-state index in [1.54, 1.807) is 6.07 Å². The first-order valence-corrected chi connectivity index (χ1v) is 7.34. The average Bonchev–Trinajstić information content (AvgIpc) is 2.61. The summed E-state index contributed by atoms with van der Waals surface area (Å²) in [7, 11) is 1.49. The topological polar surface area (TPSA) is 83.2 Å². The van der Waals surface area contributed by atoms with Crippen LogP contribution in [0.4, 0.5) is 5.69 Å². The summed E-state index contributed by atoms with van der Waals surface area (Å²) in [5.74, 6) is 0.243. The summed E-state index contributed by atoms with van der Waals surface area (Å²) in [5.41, 5.74) is 6.73. The Morgan fingerprint density at radius 3 is 2.38 bits per heavy atom. The number of fused-ring (bicyclic) bond motifs is 1. The maximum Gasteiger partial charge on any atom is 0.290 e. The van der Waals surface area contributed by atoms with E-state index in [9.17, 15) is 9.59 Å². The molecule has 3 N–H and O–H groups in total. The van der Waals surface area contributed by atoms with Crippen molar-refractivity contribution in [2.45, 2.75) is 6.92 Å². The second-order valence-corrected chi connectivity index (χ2v) is 4.93. The summed E-state index contributed by atoms with van der Waals surface area (Å²) in [6, 6.07) is 18.8. The van der Waals surface area contributed by atoms with Crippen LogP contribution >= 0.6 is 0 Å². The lowest BCUT2D eigenvalue weighted by molar-refractivity contribution is -0.118. The van der Waals surface area contributed by atoms with Crippen LogP contribution in [0.2, 0.25) is 0 Å². The van der Waals surface area contributed by atoms with Gasteiger partial charge in [-0.3, -0.25) is 20.4 Å². The molecule has 0 atom stereocenters. The fourth-order valence-electron chi connectivity index (χ4n) is 1.96. The molecule has 0 unspecified atom stereocenters. The first-order chi connectivity index (χ1) is 11.6. The number of hydrogen-bond donors (Lipinski definition) is 3. The van der Waals surface area contributed by atoms with Crippen LogP contribution in [0.3, 0.4) is 0 Å². The van der Waals surface area contributed by atoms with Gasteiger partial charge in [0.2, 0.25) is 5.91 Å². The molecule has 1 aromatic heterocycles. The van der Waals surface area contributed by atoms with E-state index in [0.717, 1.165) is 16.6 Å². The average molecular weight is 325 g/mol. The van der Waals surface area contributed by atoms with Crippen molar-refractivity contribution in [1.82, 2.24) is 10.4 Å². The number of ether oxygens (including phenoxy) is 1. The summed E-state index contributed by atoms with van der Waals surface area (Å²) >= 11 is 0. The third-order valence-corrected chi connectivity index (χ3v) is 3.10. The van der Waals surface area contributed by atoms with Crippen molar-refractivity contribution in [1.29, 1.82) is 0 Å². The summed E-state index contributed by atoms with van der Waals surface area (Å²) in [4.78, 5) is 24.5. The third kappa shape index (κ3) is 4.88. The van der Waals surface area contributed by atoms with Crippen molar-refractivity contribution in [3.8, 4) is 5.75 Å². The Kier molecular flexibility index (Phi) is 5.96. The van der Waals surface area contributed by atoms with Gasteiger partial charge in [-0.25, -0.2) is 0 Å². The Morgan fingerprint density at radius 2 is 1.71 bits per heavy atom. The Bertz CT molecular complexity index is 860. The van der Waals surface area contributed by atoms with Gasteiger partial charge >= 0.3 is 0 Å². The van der Waals surface area contributed by atoms with Gasteiger partial charge in [-0.05, 0) is 24.3 Å². The highest BCUT2D eigenvalue weighted by Gasteiger charge is 2.00. The monoisotopic (exact) mass is 325 g/mol. The van der Waals surface area contributed by atoms with E-state index in [1.165, 1.54) is 14.0 Å². The molecule has 6 heteroatoms. The zero-order chi connectivity index (χ0) is 17.4. The van der Waals surface area contributed by atoms with E-state index in [1.807, 2.05) is 54.6 Å². The number of aromatic nitrogens is 1. The maximum atomic E-state index is 11.3. The molecule has 0 aliphatic heterocycles. The van der Waals surface area contributed by atoms with Crippen molar-refractivity contribution >= 4 is 22.5 Å². The van der Waals surface area contributed by atoms with Gasteiger partial charge in [0.1, 0.15) is 0 Å². The number of carbonyl (C=O) groups is 1. The summed E-state index contributed by atoms with van der Waals surface area (Å²) < 4.78 is 4.91. The minimum absolute atomic E-state index is 0.103. The Hall–Kier alpha value is -3.28. The normalized spacial score (nSPS) is 9.58. The van der Waals surface area contributed by atoms with Crippen LogP contribution in [0.5, 0.6) is 5.75 Å². The molecule has 3 rings (SSSR count). The van der Waals surface area contributed by atoms with Crippen LogP contribution in [0.15, 0.2) is 65.5 Å². The van der Waals surface area contributed by atoms with Crippen LogP contribution in [0, 0.1) is 0 Å². The van der Waals surface area contributed by atoms with Gasteiger partial charge in [-0.1, -0.05) is 36.4 Å². The van der Waals surface area contributed by atoms with Crippen molar-refractivity contribution in [3.05, 3.63) is 71.0 Å². The van der Waals surface area contributed by atoms with Crippen molar-refractivity contribution < 1.29 is 9.53 Å². The lowest BCUT2D eigenvalue weighted by Gasteiger charge is -2.04. The lowest BCUT2D eigenvalue weighted by atomic mass is 10.2. The molecular weight excluding hydrogens is 306 g/mol. The summed E-state index contributed by atoms with van der Waals surface area (Å²) in [6.07, 6.45) is 0. The van der Waals surface area contributed by atoms with Gasteiger partial charge in [-0.2, -0.15) is 0 Å². The fourth-order valence-corrected chi connectivity index (χ4v) is 1.96. The molecule has 1 heterocycles. The number of pyridine rings is 1. The molecule has 0 aliphatic carbocycles. The predicted octanol–water partition coefficient (Wildman–Crippen LogP) is 2.69. The molecule has 0 bridgehead atoms. The molecule has 124 valence electrons. The lowest BCUT2D eigenvalue weighted by Crippen LogP contribution is -2.26. The number of para-hydroxylation sites is 2. The van der Waals surface area contributed by atoms with Crippen LogP contribution in [-0.4, -0.2) is 18.0 Å². The fraction of sp³-hybridized carbons (Fsp3) is 0.111. The largest absolute Gasteiger partial charge is 0.491 e. The number of aromatic amines is 1. The van der Waals surface area contributed by atoms with Crippen LogP contribution in [-0.2, 0) is 4.79 Å². The number of H-pyrrole nitrogens is 1. The molecular formula is C18H19N3O3. The van der Waals surface area contributed by atoms with Crippen molar-refractivity contribution in [2.75, 3.05) is 12.5 Å². The zero-order valence-corrected chi connectivity index (χ0v) is 13.5. The van der Waals surface area contributed by atoms with E-state index >= 15 is 0 Å². The first kappa shape index (κ1) is 17.1. The highest BCUT2D eigenvalue weighted by Crippen LogP contribution is 2.13. The maximum absolute atomic E-state index is 11.3. The van der Waals surface area contributed by atoms with Crippen molar-refractivity contribution in [3.63, 3.8) is 0 Å². The number of methoxy groups -OCH3 is 1. The third-order valence-electron chi connectivity index (χ3n) is 3.10. The standard InChI is InChI=1S/C10H9NO2.C8H10N2O/c1-13-9-6-7-4-2-3-5-8(7)11-10(9)12;1-7(11)9-10-8-5-3-2-4-6-8/h2-6H,1H3,(H,11,12);2-6,10H,1H3,(H,9,11). The molecule has 0 aliphatic rings. The molecule has 0 radical (unpaired) electrons. The van der Waals surface area contributed by atoms with Gasteiger partial charge in [0.05, 0.1) is 12.8 Å². The number of benzene rings is 2. The molecule has 0 fully saturated rings. The van der Waals surface area contributed by atoms with E-state index in [-0.39, 0.29) is 11.5 Å². The number of amides is 1. The molecule has 2 aromatic carbocycles. The predicted molar refractivity (Wildman–Crippen MR) is 95.0 cm³/mol. The van der Waals surface area contributed by atoms with E-state index in [2.05, 4.69) is 15.8 Å². The Balaban J connectivity index is 0.000000177. The molecule has 6 nitrogen and oxygen atoms in total. The molecule has 3 aromatic rings. The van der Waals surface area contributed by atoms with Gasteiger partial charge < -0.3 is 9.72 Å². The Labute approximate surface area is 139 Å². The van der Waals surface area contributed by atoms with E-state index in [0.29, 0.717) is 5.75 Å². The van der Waals surface area contributed by atoms with E-state index in [4.69, 9.17) is 4.74 Å². The second-order valence-electron chi connectivity index (χ2n) is 4.93. The van der Waals surface area contributed by atoms with Crippen LogP contribution < -0.4 is 21.1 Å². The number of rotatable bonds is 3. The number of carbonyl (C=O) groups excluding carboxylic acids is 1. The van der Waals surface area contributed by atoms with E-state index < -0.39 is 0 Å². The first-order valence-electron chi connectivity index (χ1n) is 7.34. The minimum atomic E-state index is -0.193. The molecule has 0 saturated heterocycles. The molecule has 0 saturated carbocycles. The summed E-state index contributed by atoms with van der Waals surface area (Å²) in [6.45, 7) is 1.45. The van der Waals surface area contributed by atoms with Gasteiger partial charge in [-0.15, -0.1) is 0 Å². The number of hydrogen-bond acceptors (Lipinski definition) is 4. The highest BCUT2D eigenvalue weighted by atomic mass is 16.5. The van der Waals surface area contributed by atoms with Crippen LogP contribution in [0.25, 0.3) is 10.9 Å². The van der Waals surface area contributed by atoms with Gasteiger partial charge in [0.25, 0.3) is 5.56 Å². The minimum Gasteiger partial charge on any atom is -0.491 e.